The lowest BCUT2D eigenvalue weighted by Gasteiger charge is -1.99. The van der Waals surface area contributed by atoms with Crippen molar-refractivity contribution in [3.8, 4) is 0 Å². The summed E-state index contributed by atoms with van der Waals surface area (Å²) in [5.74, 6) is -1.31. The van der Waals surface area contributed by atoms with Crippen molar-refractivity contribution in [2.45, 2.75) is 26.2 Å². The maximum Gasteiger partial charge on any atom is 0.376 e. The molecule has 0 saturated carbocycles. The number of aromatic nitrogens is 1. The van der Waals surface area contributed by atoms with Gasteiger partial charge in [0.25, 0.3) is 6.43 Å². The number of carbonyl (C=O) groups is 1. The fourth-order valence-electron chi connectivity index (χ4n) is 1.87. The van der Waals surface area contributed by atoms with Crippen molar-refractivity contribution in [3.63, 3.8) is 0 Å². The van der Waals surface area contributed by atoms with Crippen LogP contribution < -0.4 is 0 Å². The van der Waals surface area contributed by atoms with Crippen molar-refractivity contribution in [2.75, 3.05) is 6.61 Å². The fraction of sp³-hybridized carbons (Fsp3) is 0.333. The minimum atomic E-state index is -2.88. The van der Waals surface area contributed by atoms with Gasteiger partial charge in [0.05, 0.1) is 6.61 Å². The topological polar surface area (TPSA) is 52.3 Å². The molecule has 6 heteroatoms. The van der Waals surface area contributed by atoms with Gasteiger partial charge in [-0.15, -0.1) is 0 Å². The van der Waals surface area contributed by atoms with E-state index in [0.29, 0.717) is 12.8 Å². The van der Waals surface area contributed by atoms with Gasteiger partial charge in [-0.1, -0.05) is 30.3 Å². The van der Waals surface area contributed by atoms with Crippen molar-refractivity contribution < 1.29 is 22.7 Å². The molecule has 0 saturated heterocycles. The molecular formula is C15H15F2NO3. The van der Waals surface area contributed by atoms with E-state index in [0.717, 1.165) is 5.56 Å². The van der Waals surface area contributed by atoms with E-state index in [1.165, 1.54) is 0 Å². The number of esters is 1. The van der Waals surface area contributed by atoms with Crippen molar-refractivity contribution in [1.29, 1.82) is 0 Å². The Hall–Kier alpha value is -2.24. The molecular weight excluding hydrogens is 280 g/mol. The average molecular weight is 295 g/mol. The first-order valence-electron chi connectivity index (χ1n) is 6.60. The number of alkyl halides is 2. The maximum absolute atomic E-state index is 12.9. The third-order valence-corrected chi connectivity index (χ3v) is 2.84. The van der Waals surface area contributed by atoms with Crippen LogP contribution in [0, 0.1) is 0 Å². The highest BCUT2D eigenvalue weighted by molar-refractivity contribution is 5.87. The van der Waals surface area contributed by atoms with Crippen molar-refractivity contribution in [3.05, 3.63) is 53.2 Å². The van der Waals surface area contributed by atoms with Crippen LogP contribution in [0.4, 0.5) is 8.78 Å². The SMILES string of the molecule is CCOC(=O)c1oc(CCc2ccccc2)nc1C(F)F. The Morgan fingerprint density at radius 1 is 1.29 bits per heavy atom. The molecule has 0 bridgehead atoms. The zero-order valence-electron chi connectivity index (χ0n) is 11.5. The Morgan fingerprint density at radius 2 is 2.00 bits per heavy atom. The number of rotatable bonds is 6. The molecule has 0 unspecified atom stereocenters. The van der Waals surface area contributed by atoms with Crippen LogP contribution in [0.1, 0.15) is 41.1 Å². The van der Waals surface area contributed by atoms with Crippen molar-refractivity contribution in [1.82, 2.24) is 4.98 Å². The van der Waals surface area contributed by atoms with Crippen molar-refractivity contribution in [2.24, 2.45) is 0 Å². The van der Waals surface area contributed by atoms with Crippen LogP contribution in [0.2, 0.25) is 0 Å². The number of ether oxygens (including phenoxy) is 1. The number of carbonyl (C=O) groups excluding carboxylic acids is 1. The molecule has 0 aliphatic heterocycles. The Labute approximate surface area is 120 Å². The molecule has 0 aliphatic carbocycles. The van der Waals surface area contributed by atoms with Crippen molar-refractivity contribution >= 4 is 5.97 Å². The first-order valence-corrected chi connectivity index (χ1v) is 6.60. The van der Waals surface area contributed by atoms with Crippen LogP contribution in [-0.4, -0.2) is 17.6 Å². The van der Waals surface area contributed by atoms with E-state index in [1.54, 1.807) is 6.92 Å². The summed E-state index contributed by atoms with van der Waals surface area (Å²) in [6, 6.07) is 9.51. The summed E-state index contributed by atoms with van der Waals surface area (Å²) in [6.07, 6.45) is -1.95. The lowest BCUT2D eigenvalue weighted by molar-refractivity contribution is 0.0474. The normalized spacial score (nSPS) is 10.9. The third kappa shape index (κ3) is 3.87. The number of oxazole rings is 1. The van der Waals surface area contributed by atoms with Gasteiger partial charge in [0.1, 0.15) is 0 Å². The second kappa shape index (κ2) is 6.97. The lowest BCUT2D eigenvalue weighted by Crippen LogP contribution is -2.06. The predicted octanol–water partition coefficient (Wildman–Crippen LogP) is 3.57. The van der Waals surface area contributed by atoms with Gasteiger partial charge in [0, 0.05) is 6.42 Å². The van der Waals surface area contributed by atoms with Gasteiger partial charge < -0.3 is 9.15 Å². The molecule has 0 aliphatic rings. The molecule has 1 heterocycles. The Balaban J connectivity index is 2.13. The van der Waals surface area contributed by atoms with E-state index in [1.807, 2.05) is 30.3 Å². The van der Waals surface area contributed by atoms with Gasteiger partial charge in [-0.2, -0.15) is 0 Å². The number of hydrogen-bond acceptors (Lipinski definition) is 4. The summed E-state index contributed by atoms with van der Waals surface area (Å²) in [7, 11) is 0. The number of aryl methyl sites for hydroxylation is 2. The molecule has 0 radical (unpaired) electrons. The molecule has 112 valence electrons. The molecule has 2 rings (SSSR count). The Morgan fingerprint density at radius 3 is 2.62 bits per heavy atom. The van der Waals surface area contributed by atoms with Gasteiger partial charge >= 0.3 is 5.97 Å². The molecule has 2 aromatic rings. The number of nitrogens with zero attached hydrogens (tertiary/aromatic N) is 1. The van der Waals surface area contributed by atoms with Gasteiger partial charge in [-0.05, 0) is 18.9 Å². The Kier molecular flexibility index (Phi) is 5.03. The van der Waals surface area contributed by atoms with E-state index in [9.17, 15) is 13.6 Å². The average Bonchev–Trinajstić information content (AvgIpc) is 2.91. The first-order chi connectivity index (χ1) is 10.1. The fourth-order valence-corrected chi connectivity index (χ4v) is 1.87. The van der Waals surface area contributed by atoms with Gasteiger partial charge in [0.2, 0.25) is 5.76 Å². The van der Waals surface area contributed by atoms with E-state index < -0.39 is 23.8 Å². The molecule has 4 nitrogen and oxygen atoms in total. The summed E-state index contributed by atoms with van der Waals surface area (Å²) < 4.78 is 35.6. The zero-order chi connectivity index (χ0) is 15.2. The van der Waals surface area contributed by atoms with Crippen LogP contribution in [-0.2, 0) is 17.6 Å². The second-order valence-corrected chi connectivity index (χ2v) is 4.33. The van der Waals surface area contributed by atoms with Crippen LogP contribution >= 0.6 is 0 Å². The highest BCUT2D eigenvalue weighted by Crippen LogP contribution is 2.24. The van der Waals surface area contributed by atoms with E-state index >= 15 is 0 Å². The molecule has 21 heavy (non-hydrogen) atoms. The minimum Gasteiger partial charge on any atom is -0.460 e. The quantitative estimate of drug-likeness (QED) is 0.764. The number of benzene rings is 1. The minimum absolute atomic E-state index is 0.0849. The zero-order valence-corrected chi connectivity index (χ0v) is 11.5. The molecule has 0 fully saturated rings. The van der Waals surface area contributed by atoms with E-state index in [-0.39, 0.29) is 12.5 Å². The monoisotopic (exact) mass is 295 g/mol. The van der Waals surface area contributed by atoms with E-state index in [2.05, 4.69) is 9.72 Å². The highest BCUT2D eigenvalue weighted by atomic mass is 19.3. The Bertz CT molecular complexity index is 596. The van der Waals surface area contributed by atoms with Crippen LogP contribution in [0.5, 0.6) is 0 Å². The third-order valence-electron chi connectivity index (χ3n) is 2.84. The summed E-state index contributed by atoms with van der Waals surface area (Å²) in [5, 5.41) is 0. The first kappa shape index (κ1) is 15.2. The summed E-state index contributed by atoms with van der Waals surface area (Å²) in [6.45, 7) is 1.67. The second-order valence-electron chi connectivity index (χ2n) is 4.33. The molecule has 1 aromatic carbocycles. The molecule has 1 aromatic heterocycles. The number of hydrogen-bond donors (Lipinski definition) is 0. The molecule has 0 amide bonds. The maximum atomic E-state index is 12.9. The predicted molar refractivity (Wildman–Crippen MR) is 71.3 cm³/mol. The standard InChI is InChI=1S/C15H15F2NO3/c1-2-20-15(19)13-12(14(16)17)18-11(21-13)9-8-10-6-4-3-5-7-10/h3-7,14H,2,8-9H2,1H3. The molecule has 0 spiro atoms. The van der Waals surface area contributed by atoms with E-state index in [4.69, 9.17) is 4.42 Å². The smallest absolute Gasteiger partial charge is 0.376 e. The lowest BCUT2D eigenvalue weighted by atomic mass is 10.1. The summed E-state index contributed by atoms with van der Waals surface area (Å²) in [5.41, 5.74) is 0.378. The van der Waals surface area contributed by atoms with Crippen LogP contribution in [0.3, 0.4) is 0 Å². The largest absolute Gasteiger partial charge is 0.460 e. The summed E-state index contributed by atoms with van der Waals surface area (Å²) >= 11 is 0. The highest BCUT2D eigenvalue weighted by Gasteiger charge is 2.27. The van der Waals surface area contributed by atoms with Gasteiger partial charge in [0.15, 0.2) is 11.6 Å². The van der Waals surface area contributed by atoms with Crippen LogP contribution in [0.25, 0.3) is 0 Å². The summed E-state index contributed by atoms with van der Waals surface area (Å²) in [4.78, 5) is 15.3. The molecule has 0 N–H and O–H groups in total. The number of halogens is 2. The van der Waals surface area contributed by atoms with Gasteiger partial charge in [-0.25, -0.2) is 18.6 Å². The van der Waals surface area contributed by atoms with Crippen LogP contribution in [0.15, 0.2) is 34.7 Å². The van der Waals surface area contributed by atoms with Gasteiger partial charge in [-0.3, -0.25) is 0 Å². The molecule has 0 atom stereocenters.